The van der Waals surface area contributed by atoms with Gasteiger partial charge in [0.25, 0.3) is 5.91 Å². The van der Waals surface area contributed by atoms with Gasteiger partial charge in [-0.3, -0.25) is 4.79 Å². The summed E-state index contributed by atoms with van der Waals surface area (Å²) >= 11 is 3.24. The number of halogens is 1. The molecule has 2 heterocycles. The maximum absolute atomic E-state index is 11.9. The fraction of sp³-hybridized carbons (Fsp3) is 0.200. The number of carbonyl (C=O) groups excluding carboxylic acids is 1. The molecule has 0 bridgehead atoms. The molecule has 8 heteroatoms. The van der Waals surface area contributed by atoms with Gasteiger partial charge in [-0.25, -0.2) is 4.98 Å². The van der Waals surface area contributed by atoms with Gasteiger partial charge in [-0.1, -0.05) is 5.16 Å². The first kappa shape index (κ1) is 12.5. The van der Waals surface area contributed by atoms with Crippen molar-refractivity contribution in [1.29, 1.82) is 0 Å². The molecular formula is C10H10BrN5O2. The van der Waals surface area contributed by atoms with E-state index in [1.165, 1.54) is 18.6 Å². The Hall–Kier alpha value is -1.96. The van der Waals surface area contributed by atoms with E-state index in [0.717, 1.165) is 0 Å². The number of aromatic nitrogens is 3. The number of carbonyl (C=O) groups is 1. The average molecular weight is 312 g/mol. The van der Waals surface area contributed by atoms with Gasteiger partial charge in [0.2, 0.25) is 5.89 Å². The van der Waals surface area contributed by atoms with E-state index in [-0.39, 0.29) is 5.91 Å². The van der Waals surface area contributed by atoms with Crippen molar-refractivity contribution in [3.05, 3.63) is 34.5 Å². The lowest BCUT2D eigenvalue weighted by molar-refractivity contribution is 0.0952. The Balaban J connectivity index is 1.93. The van der Waals surface area contributed by atoms with Gasteiger partial charge in [0.15, 0.2) is 6.33 Å². The Kier molecular flexibility index (Phi) is 3.88. The molecule has 18 heavy (non-hydrogen) atoms. The third-order valence-electron chi connectivity index (χ3n) is 2.15. The molecule has 2 aromatic heterocycles. The third kappa shape index (κ3) is 3.04. The van der Waals surface area contributed by atoms with Crippen molar-refractivity contribution in [3.63, 3.8) is 0 Å². The molecule has 2 rings (SSSR count). The van der Waals surface area contributed by atoms with E-state index in [0.29, 0.717) is 34.7 Å². The quantitative estimate of drug-likeness (QED) is 0.864. The van der Waals surface area contributed by atoms with Crippen LogP contribution in [-0.4, -0.2) is 27.6 Å². The standard InChI is InChI=1S/C10H10BrN5O2/c11-7-4-14-8(12)3-6(7)10(17)13-2-1-9-15-5-16-18-9/h3-5H,1-2H2,(H2,12,14)(H,13,17). The van der Waals surface area contributed by atoms with E-state index >= 15 is 0 Å². The normalized spacial score (nSPS) is 10.3. The second-order valence-corrected chi connectivity index (χ2v) is 4.28. The summed E-state index contributed by atoms with van der Waals surface area (Å²) in [6.07, 6.45) is 3.28. The highest BCUT2D eigenvalue weighted by atomic mass is 79.9. The Labute approximate surface area is 111 Å². The molecular weight excluding hydrogens is 302 g/mol. The van der Waals surface area contributed by atoms with Crippen molar-refractivity contribution >= 4 is 27.7 Å². The number of hydrogen-bond acceptors (Lipinski definition) is 6. The lowest BCUT2D eigenvalue weighted by atomic mass is 10.2. The van der Waals surface area contributed by atoms with Crippen LogP contribution in [0, 0.1) is 0 Å². The first-order chi connectivity index (χ1) is 8.66. The van der Waals surface area contributed by atoms with E-state index < -0.39 is 0 Å². The summed E-state index contributed by atoms with van der Waals surface area (Å²) in [7, 11) is 0. The average Bonchev–Trinajstić information content (AvgIpc) is 2.85. The van der Waals surface area contributed by atoms with E-state index in [1.807, 2.05) is 0 Å². The number of anilines is 1. The highest BCUT2D eigenvalue weighted by Crippen LogP contribution is 2.16. The zero-order valence-corrected chi connectivity index (χ0v) is 10.8. The summed E-state index contributed by atoms with van der Waals surface area (Å²) in [4.78, 5) is 19.6. The smallest absolute Gasteiger partial charge is 0.252 e. The van der Waals surface area contributed by atoms with Gasteiger partial charge in [-0.2, -0.15) is 4.98 Å². The summed E-state index contributed by atoms with van der Waals surface area (Å²) in [6, 6.07) is 1.51. The topological polar surface area (TPSA) is 107 Å². The first-order valence-electron chi connectivity index (χ1n) is 5.11. The highest BCUT2D eigenvalue weighted by Gasteiger charge is 2.11. The number of hydrogen-bond donors (Lipinski definition) is 2. The molecule has 2 aromatic rings. The number of nitrogens with one attached hydrogen (secondary N) is 1. The summed E-state index contributed by atoms with van der Waals surface area (Å²) in [5, 5.41) is 6.20. The van der Waals surface area contributed by atoms with Crippen LogP contribution < -0.4 is 11.1 Å². The van der Waals surface area contributed by atoms with E-state index in [4.69, 9.17) is 10.3 Å². The molecule has 3 N–H and O–H groups in total. The minimum atomic E-state index is -0.240. The molecule has 0 aromatic carbocycles. The number of nitrogens with two attached hydrogens (primary N) is 1. The van der Waals surface area contributed by atoms with Crippen molar-refractivity contribution < 1.29 is 9.32 Å². The minimum Gasteiger partial charge on any atom is -0.384 e. The Morgan fingerprint density at radius 2 is 2.33 bits per heavy atom. The number of rotatable bonds is 4. The van der Waals surface area contributed by atoms with E-state index in [2.05, 4.69) is 36.4 Å². The molecule has 0 aliphatic carbocycles. The molecule has 0 fully saturated rings. The molecule has 0 atom stereocenters. The van der Waals surface area contributed by atoms with Crippen molar-refractivity contribution in [2.24, 2.45) is 0 Å². The third-order valence-corrected chi connectivity index (χ3v) is 2.78. The van der Waals surface area contributed by atoms with E-state index in [1.54, 1.807) is 0 Å². The molecule has 0 radical (unpaired) electrons. The van der Waals surface area contributed by atoms with Crippen LogP contribution in [0.3, 0.4) is 0 Å². The Bertz CT molecular complexity index is 543. The van der Waals surface area contributed by atoms with Crippen molar-refractivity contribution in [2.75, 3.05) is 12.3 Å². The SMILES string of the molecule is Nc1cc(C(=O)NCCc2ncno2)c(Br)cn1. The molecule has 1 amide bonds. The molecule has 94 valence electrons. The molecule has 0 spiro atoms. The van der Waals surface area contributed by atoms with Gasteiger partial charge in [0.05, 0.1) is 5.56 Å². The highest BCUT2D eigenvalue weighted by molar-refractivity contribution is 9.10. The zero-order valence-electron chi connectivity index (χ0n) is 9.26. The molecule has 0 unspecified atom stereocenters. The monoisotopic (exact) mass is 311 g/mol. The van der Waals surface area contributed by atoms with Gasteiger partial charge < -0.3 is 15.6 Å². The first-order valence-corrected chi connectivity index (χ1v) is 5.91. The summed E-state index contributed by atoms with van der Waals surface area (Å²) in [5.74, 6) is 0.527. The molecule has 0 aliphatic heterocycles. The van der Waals surface area contributed by atoms with Crippen LogP contribution in [-0.2, 0) is 6.42 Å². The van der Waals surface area contributed by atoms with E-state index in [9.17, 15) is 4.79 Å². The predicted octanol–water partition coefficient (Wildman–Crippen LogP) is 0.782. The fourth-order valence-corrected chi connectivity index (χ4v) is 1.71. The van der Waals surface area contributed by atoms with Crippen LogP contribution in [0.4, 0.5) is 5.82 Å². The number of nitrogens with zero attached hydrogens (tertiary/aromatic N) is 3. The second-order valence-electron chi connectivity index (χ2n) is 3.43. The van der Waals surface area contributed by atoms with Crippen LogP contribution in [0.5, 0.6) is 0 Å². The summed E-state index contributed by atoms with van der Waals surface area (Å²) in [5.41, 5.74) is 5.96. The maximum atomic E-state index is 11.9. The van der Waals surface area contributed by atoms with Crippen molar-refractivity contribution in [2.45, 2.75) is 6.42 Å². The molecule has 0 saturated carbocycles. The van der Waals surface area contributed by atoms with Crippen LogP contribution in [0.1, 0.15) is 16.2 Å². The van der Waals surface area contributed by atoms with Crippen LogP contribution in [0.15, 0.2) is 27.6 Å². The van der Waals surface area contributed by atoms with Gasteiger partial charge >= 0.3 is 0 Å². The number of nitrogen functional groups attached to an aromatic ring is 1. The zero-order chi connectivity index (χ0) is 13.0. The largest absolute Gasteiger partial charge is 0.384 e. The van der Waals surface area contributed by atoms with Gasteiger partial charge in [-0.15, -0.1) is 0 Å². The Morgan fingerprint density at radius 1 is 1.50 bits per heavy atom. The Morgan fingerprint density at radius 3 is 3.06 bits per heavy atom. The van der Waals surface area contributed by atoms with Gasteiger partial charge in [0.1, 0.15) is 5.82 Å². The van der Waals surface area contributed by atoms with Gasteiger partial charge in [0, 0.05) is 23.6 Å². The fourth-order valence-electron chi connectivity index (χ4n) is 1.31. The van der Waals surface area contributed by atoms with Crippen LogP contribution >= 0.6 is 15.9 Å². The lowest BCUT2D eigenvalue weighted by Crippen LogP contribution is -2.26. The molecule has 7 nitrogen and oxygen atoms in total. The van der Waals surface area contributed by atoms with Crippen LogP contribution in [0.25, 0.3) is 0 Å². The second kappa shape index (κ2) is 5.58. The minimum absolute atomic E-state index is 0.240. The summed E-state index contributed by atoms with van der Waals surface area (Å²) < 4.78 is 5.40. The van der Waals surface area contributed by atoms with Gasteiger partial charge in [-0.05, 0) is 22.0 Å². The lowest BCUT2D eigenvalue weighted by Gasteiger charge is -2.06. The molecule has 0 aliphatic rings. The maximum Gasteiger partial charge on any atom is 0.252 e. The molecule has 0 saturated heterocycles. The van der Waals surface area contributed by atoms with Crippen molar-refractivity contribution in [3.8, 4) is 0 Å². The predicted molar refractivity (Wildman–Crippen MR) is 66.7 cm³/mol. The number of pyridine rings is 1. The number of amides is 1. The van der Waals surface area contributed by atoms with Crippen LogP contribution in [0.2, 0.25) is 0 Å². The van der Waals surface area contributed by atoms with Crippen molar-refractivity contribution in [1.82, 2.24) is 20.4 Å². The summed E-state index contributed by atoms with van der Waals surface area (Å²) in [6.45, 7) is 0.399.